The Balaban J connectivity index is 1.98. The monoisotopic (exact) mass is 241 g/mol. The fourth-order valence-corrected chi connectivity index (χ4v) is 2.62. The minimum absolute atomic E-state index is 0.317. The highest BCUT2D eigenvalue weighted by Crippen LogP contribution is 2.29. The number of carbonyl (C=O) groups is 1. The van der Waals surface area contributed by atoms with Gasteiger partial charge in [0, 0.05) is 12.5 Å². The number of nitrogens with one attached hydrogen (secondary N) is 1. The van der Waals surface area contributed by atoms with Crippen molar-refractivity contribution < 1.29 is 9.90 Å². The van der Waals surface area contributed by atoms with Gasteiger partial charge in [-0.2, -0.15) is 0 Å². The highest BCUT2D eigenvalue weighted by molar-refractivity contribution is 5.66. The van der Waals surface area contributed by atoms with Gasteiger partial charge >= 0.3 is 5.97 Å². The van der Waals surface area contributed by atoms with Crippen molar-refractivity contribution in [3.05, 3.63) is 0 Å². The van der Waals surface area contributed by atoms with Crippen molar-refractivity contribution in [3.8, 4) is 0 Å². The zero-order valence-electron chi connectivity index (χ0n) is 11.2. The topological polar surface area (TPSA) is 49.3 Å². The second-order valence-corrected chi connectivity index (χ2v) is 5.62. The number of carboxylic acids is 1. The maximum atomic E-state index is 10.3. The predicted octanol–water partition coefficient (Wildman–Crippen LogP) is 3.05. The fraction of sp³-hybridized carbons (Fsp3) is 0.929. The first-order chi connectivity index (χ1) is 8.09. The van der Waals surface area contributed by atoms with E-state index in [2.05, 4.69) is 19.2 Å². The highest BCUT2D eigenvalue weighted by Gasteiger charge is 2.23. The maximum absolute atomic E-state index is 10.3. The first-order valence-corrected chi connectivity index (χ1v) is 7.04. The van der Waals surface area contributed by atoms with Gasteiger partial charge in [0.1, 0.15) is 0 Å². The Morgan fingerprint density at radius 1 is 1.18 bits per heavy atom. The van der Waals surface area contributed by atoms with E-state index in [0.29, 0.717) is 12.5 Å². The molecule has 3 heteroatoms. The van der Waals surface area contributed by atoms with Gasteiger partial charge in [-0.1, -0.05) is 20.3 Å². The van der Waals surface area contributed by atoms with Crippen LogP contribution in [0.1, 0.15) is 58.8 Å². The van der Waals surface area contributed by atoms with Crippen molar-refractivity contribution in [2.75, 3.05) is 6.54 Å². The third kappa shape index (κ3) is 6.06. The van der Waals surface area contributed by atoms with Crippen LogP contribution in [-0.2, 0) is 4.79 Å². The number of unbranched alkanes of at least 4 members (excludes halogenated alkanes) is 2. The van der Waals surface area contributed by atoms with Crippen LogP contribution in [0.15, 0.2) is 0 Å². The third-order valence-electron chi connectivity index (χ3n) is 4.10. The van der Waals surface area contributed by atoms with Gasteiger partial charge in [-0.25, -0.2) is 0 Å². The lowest BCUT2D eigenvalue weighted by Gasteiger charge is -2.32. The van der Waals surface area contributed by atoms with Crippen molar-refractivity contribution in [3.63, 3.8) is 0 Å². The molecule has 3 nitrogen and oxygen atoms in total. The molecule has 0 bridgehead atoms. The van der Waals surface area contributed by atoms with Crippen LogP contribution in [0.3, 0.4) is 0 Å². The van der Waals surface area contributed by atoms with Gasteiger partial charge in [-0.15, -0.1) is 0 Å². The summed E-state index contributed by atoms with van der Waals surface area (Å²) in [6.45, 7) is 5.75. The van der Waals surface area contributed by atoms with Gasteiger partial charge in [-0.05, 0) is 50.5 Å². The molecule has 0 aromatic rings. The molecule has 2 N–H and O–H groups in total. The number of rotatable bonds is 7. The summed E-state index contributed by atoms with van der Waals surface area (Å²) in [5.74, 6) is 1.05. The van der Waals surface area contributed by atoms with E-state index in [4.69, 9.17) is 5.11 Å². The molecule has 3 unspecified atom stereocenters. The summed E-state index contributed by atoms with van der Waals surface area (Å²) in [7, 11) is 0. The normalized spacial score (nSPS) is 29.2. The minimum Gasteiger partial charge on any atom is -0.481 e. The van der Waals surface area contributed by atoms with Crippen LogP contribution in [0.2, 0.25) is 0 Å². The van der Waals surface area contributed by atoms with Crippen molar-refractivity contribution in [1.82, 2.24) is 5.32 Å². The molecule has 0 aromatic heterocycles. The smallest absolute Gasteiger partial charge is 0.303 e. The molecular weight excluding hydrogens is 214 g/mol. The van der Waals surface area contributed by atoms with E-state index in [1.807, 2.05) is 0 Å². The summed E-state index contributed by atoms with van der Waals surface area (Å²) in [6.07, 6.45) is 7.22. The predicted molar refractivity (Wildman–Crippen MR) is 70.1 cm³/mol. The van der Waals surface area contributed by atoms with Gasteiger partial charge in [0.2, 0.25) is 0 Å². The SMILES string of the molecule is CC1CCC(NCCCCCC(=O)O)CC1C. The van der Waals surface area contributed by atoms with Gasteiger partial charge < -0.3 is 10.4 Å². The van der Waals surface area contributed by atoms with Gasteiger partial charge in [0.15, 0.2) is 0 Å². The average molecular weight is 241 g/mol. The molecule has 1 saturated carbocycles. The van der Waals surface area contributed by atoms with Gasteiger partial charge in [-0.3, -0.25) is 4.79 Å². The Bertz CT molecular complexity index is 230. The van der Waals surface area contributed by atoms with Crippen LogP contribution >= 0.6 is 0 Å². The largest absolute Gasteiger partial charge is 0.481 e. The zero-order valence-corrected chi connectivity index (χ0v) is 11.2. The lowest BCUT2D eigenvalue weighted by molar-refractivity contribution is -0.137. The molecule has 1 fully saturated rings. The van der Waals surface area contributed by atoms with Crippen molar-refractivity contribution in [1.29, 1.82) is 0 Å². The molecule has 0 heterocycles. The molecule has 3 atom stereocenters. The second-order valence-electron chi connectivity index (χ2n) is 5.62. The summed E-state index contributed by atoms with van der Waals surface area (Å²) < 4.78 is 0. The van der Waals surface area contributed by atoms with E-state index >= 15 is 0 Å². The summed E-state index contributed by atoms with van der Waals surface area (Å²) in [4.78, 5) is 10.3. The molecule has 1 aliphatic carbocycles. The van der Waals surface area contributed by atoms with E-state index < -0.39 is 5.97 Å². The van der Waals surface area contributed by atoms with Gasteiger partial charge in [0.05, 0.1) is 0 Å². The number of carboxylic acid groups (broad SMARTS) is 1. The summed E-state index contributed by atoms with van der Waals surface area (Å²) in [5.41, 5.74) is 0. The van der Waals surface area contributed by atoms with Crippen molar-refractivity contribution in [2.24, 2.45) is 11.8 Å². The molecule has 0 radical (unpaired) electrons. The molecule has 17 heavy (non-hydrogen) atoms. The molecule has 1 rings (SSSR count). The summed E-state index contributed by atoms with van der Waals surface area (Å²) in [6, 6.07) is 0.695. The Hall–Kier alpha value is -0.570. The van der Waals surface area contributed by atoms with Crippen LogP contribution < -0.4 is 5.32 Å². The Morgan fingerprint density at radius 3 is 2.59 bits per heavy atom. The third-order valence-corrected chi connectivity index (χ3v) is 4.10. The van der Waals surface area contributed by atoms with E-state index in [9.17, 15) is 4.79 Å². The minimum atomic E-state index is -0.673. The lowest BCUT2D eigenvalue weighted by Crippen LogP contribution is -2.36. The number of aliphatic carboxylic acids is 1. The molecule has 0 aliphatic heterocycles. The van der Waals surface area contributed by atoms with E-state index in [1.54, 1.807) is 0 Å². The van der Waals surface area contributed by atoms with Crippen LogP contribution in [0, 0.1) is 11.8 Å². The molecule has 0 saturated heterocycles. The van der Waals surface area contributed by atoms with Crippen molar-refractivity contribution in [2.45, 2.75) is 64.8 Å². The molecule has 100 valence electrons. The Kier molecular flexibility index (Phi) is 6.56. The van der Waals surface area contributed by atoms with Crippen LogP contribution in [-0.4, -0.2) is 23.7 Å². The van der Waals surface area contributed by atoms with Crippen LogP contribution in [0.25, 0.3) is 0 Å². The molecule has 0 aromatic carbocycles. The standard InChI is InChI=1S/C14H27NO2/c1-11-7-8-13(10-12(11)2)15-9-5-3-4-6-14(16)17/h11-13,15H,3-10H2,1-2H3,(H,16,17). The summed E-state index contributed by atoms with van der Waals surface area (Å²) in [5, 5.41) is 12.1. The molecular formula is C14H27NO2. The second kappa shape index (κ2) is 7.70. The lowest BCUT2D eigenvalue weighted by atomic mass is 9.79. The van der Waals surface area contributed by atoms with Gasteiger partial charge in [0.25, 0.3) is 0 Å². The van der Waals surface area contributed by atoms with Crippen molar-refractivity contribution >= 4 is 5.97 Å². The fourth-order valence-electron chi connectivity index (χ4n) is 2.62. The number of hydrogen-bond donors (Lipinski definition) is 2. The molecule has 0 amide bonds. The quantitative estimate of drug-likeness (QED) is 0.674. The average Bonchev–Trinajstić information content (AvgIpc) is 2.27. The number of hydrogen-bond acceptors (Lipinski definition) is 2. The summed E-state index contributed by atoms with van der Waals surface area (Å²) >= 11 is 0. The van der Waals surface area contributed by atoms with E-state index in [-0.39, 0.29) is 0 Å². The first kappa shape index (κ1) is 14.5. The maximum Gasteiger partial charge on any atom is 0.303 e. The first-order valence-electron chi connectivity index (χ1n) is 7.04. The van der Waals surface area contributed by atoms with Crippen LogP contribution in [0.4, 0.5) is 0 Å². The molecule has 0 spiro atoms. The zero-order chi connectivity index (χ0) is 12.7. The molecule has 1 aliphatic rings. The highest BCUT2D eigenvalue weighted by atomic mass is 16.4. The Labute approximate surface area is 105 Å². The van der Waals surface area contributed by atoms with Crippen LogP contribution in [0.5, 0.6) is 0 Å². The Morgan fingerprint density at radius 2 is 1.94 bits per heavy atom. The van der Waals surface area contributed by atoms with E-state index in [1.165, 1.54) is 19.3 Å². The van der Waals surface area contributed by atoms with E-state index in [0.717, 1.165) is 37.6 Å².